The molecule has 1 unspecified atom stereocenters. The second-order valence-corrected chi connectivity index (χ2v) is 4.11. The fraction of sp³-hybridized carbons (Fsp3) is 0.500. The number of rotatable bonds is 8. The van der Waals surface area contributed by atoms with Crippen LogP contribution in [0.5, 0.6) is 0 Å². The van der Waals surface area contributed by atoms with Crippen molar-refractivity contribution in [2.24, 2.45) is 5.73 Å². The summed E-state index contributed by atoms with van der Waals surface area (Å²) in [5.41, 5.74) is 6.68. The Labute approximate surface area is 108 Å². The number of hydrogen-bond donors (Lipinski definition) is 1. The van der Waals surface area contributed by atoms with E-state index in [-0.39, 0.29) is 18.5 Å². The Morgan fingerprint density at radius 3 is 2.67 bits per heavy atom. The highest BCUT2D eigenvalue weighted by molar-refractivity contribution is 5.69. The van der Waals surface area contributed by atoms with Gasteiger partial charge in [0, 0.05) is 13.7 Å². The third-order valence-electron chi connectivity index (χ3n) is 2.71. The molecule has 100 valence electrons. The normalized spacial score (nSPS) is 12.1. The fourth-order valence-electron chi connectivity index (χ4n) is 1.61. The lowest BCUT2D eigenvalue weighted by Crippen LogP contribution is -2.26. The first-order valence-corrected chi connectivity index (χ1v) is 6.18. The van der Waals surface area contributed by atoms with E-state index in [1.54, 1.807) is 7.11 Å². The van der Waals surface area contributed by atoms with E-state index in [1.807, 2.05) is 18.2 Å². The molecule has 0 radical (unpaired) electrons. The molecule has 18 heavy (non-hydrogen) atoms. The van der Waals surface area contributed by atoms with Gasteiger partial charge in [-0.1, -0.05) is 30.3 Å². The Hall–Kier alpha value is -1.39. The summed E-state index contributed by atoms with van der Waals surface area (Å²) in [6.45, 7) is 0.768. The number of nitrogens with two attached hydrogens (primary N) is 1. The van der Waals surface area contributed by atoms with Gasteiger partial charge >= 0.3 is 5.97 Å². The molecular formula is C14H21NO3. The van der Waals surface area contributed by atoms with Gasteiger partial charge < -0.3 is 15.2 Å². The number of ether oxygens (including phenoxy) is 2. The molecule has 4 nitrogen and oxygen atoms in total. The summed E-state index contributed by atoms with van der Waals surface area (Å²) in [4.78, 5) is 11.4. The summed E-state index contributed by atoms with van der Waals surface area (Å²) in [7, 11) is 1.54. The quantitative estimate of drug-likeness (QED) is 0.562. The van der Waals surface area contributed by atoms with Crippen LogP contribution >= 0.6 is 0 Å². The maximum Gasteiger partial charge on any atom is 0.308 e. The van der Waals surface area contributed by atoms with Crippen molar-refractivity contribution in [3.05, 3.63) is 35.9 Å². The van der Waals surface area contributed by atoms with Crippen molar-refractivity contribution in [3.63, 3.8) is 0 Å². The maximum absolute atomic E-state index is 11.4. The molecule has 4 heteroatoms. The minimum Gasteiger partial charge on any atom is -0.466 e. The third kappa shape index (κ3) is 5.80. The van der Waals surface area contributed by atoms with E-state index >= 15 is 0 Å². The Bertz CT molecular complexity index is 336. The van der Waals surface area contributed by atoms with E-state index in [0.717, 1.165) is 12.8 Å². The van der Waals surface area contributed by atoms with Crippen LogP contribution in [-0.2, 0) is 20.7 Å². The van der Waals surface area contributed by atoms with Gasteiger partial charge in [-0.25, -0.2) is 0 Å². The number of carbonyl (C=O) groups is 1. The van der Waals surface area contributed by atoms with Crippen LogP contribution < -0.4 is 5.73 Å². The Morgan fingerprint density at radius 2 is 2.06 bits per heavy atom. The van der Waals surface area contributed by atoms with Crippen molar-refractivity contribution in [2.45, 2.75) is 25.4 Å². The molecule has 0 amide bonds. The van der Waals surface area contributed by atoms with Crippen molar-refractivity contribution in [1.82, 2.24) is 0 Å². The van der Waals surface area contributed by atoms with Crippen LogP contribution in [-0.4, -0.2) is 32.3 Å². The zero-order valence-electron chi connectivity index (χ0n) is 10.8. The van der Waals surface area contributed by atoms with Gasteiger partial charge in [-0.05, 0) is 18.4 Å². The molecule has 1 aromatic rings. The molecule has 0 aliphatic carbocycles. The molecule has 0 spiro atoms. The molecule has 1 rings (SSSR count). The standard InChI is InChI=1S/C14H21NO3/c1-17-13(11-15)10-14(16)18-9-5-8-12-6-3-2-4-7-12/h2-4,6-7,13H,5,8-11,15H2,1H3. The van der Waals surface area contributed by atoms with Crippen molar-refractivity contribution in [1.29, 1.82) is 0 Å². The van der Waals surface area contributed by atoms with Crippen LogP contribution in [0, 0.1) is 0 Å². The van der Waals surface area contributed by atoms with E-state index in [1.165, 1.54) is 5.56 Å². The molecule has 1 atom stereocenters. The number of benzene rings is 1. The Balaban J connectivity index is 2.12. The predicted octanol–water partition coefficient (Wildman–Crippen LogP) is 1.53. The SMILES string of the molecule is COC(CN)CC(=O)OCCCc1ccccc1. The average Bonchev–Trinajstić information content (AvgIpc) is 2.42. The summed E-state index contributed by atoms with van der Waals surface area (Å²) in [6, 6.07) is 10.1. The zero-order valence-corrected chi connectivity index (χ0v) is 10.8. The molecule has 0 aliphatic heterocycles. The van der Waals surface area contributed by atoms with Gasteiger partial charge in [-0.3, -0.25) is 4.79 Å². The minimum absolute atomic E-state index is 0.221. The van der Waals surface area contributed by atoms with Gasteiger partial charge in [0.25, 0.3) is 0 Å². The van der Waals surface area contributed by atoms with Crippen LogP contribution in [0.4, 0.5) is 0 Å². The van der Waals surface area contributed by atoms with Crippen LogP contribution in [0.3, 0.4) is 0 Å². The van der Waals surface area contributed by atoms with E-state index in [2.05, 4.69) is 12.1 Å². The Morgan fingerprint density at radius 1 is 1.33 bits per heavy atom. The number of esters is 1. The molecule has 1 aromatic carbocycles. The van der Waals surface area contributed by atoms with Gasteiger partial charge in [-0.2, -0.15) is 0 Å². The first-order valence-electron chi connectivity index (χ1n) is 6.18. The molecule has 0 aromatic heterocycles. The van der Waals surface area contributed by atoms with Crippen molar-refractivity contribution < 1.29 is 14.3 Å². The number of hydrogen-bond acceptors (Lipinski definition) is 4. The second kappa shape index (κ2) is 8.66. The lowest BCUT2D eigenvalue weighted by Gasteiger charge is -2.11. The second-order valence-electron chi connectivity index (χ2n) is 4.11. The minimum atomic E-state index is -0.250. The summed E-state index contributed by atoms with van der Waals surface area (Å²) in [6.07, 6.45) is 1.72. The largest absolute Gasteiger partial charge is 0.466 e. The summed E-state index contributed by atoms with van der Waals surface area (Å²) >= 11 is 0. The van der Waals surface area contributed by atoms with Crippen LogP contribution in [0.1, 0.15) is 18.4 Å². The first-order chi connectivity index (χ1) is 8.76. The highest BCUT2D eigenvalue weighted by atomic mass is 16.5. The number of carbonyl (C=O) groups excluding carboxylic acids is 1. The molecule has 0 bridgehead atoms. The zero-order chi connectivity index (χ0) is 13.2. The smallest absolute Gasteiger partial charge is 0.308 e. The lowest BCUT2D eigenvalue weighted by molar-refractivity contribution is -0.146. The Kier molecular flexibility index (Phi) is 7.06. The van der Waals surface area contributed by atoms with Crippen molar-refractivity contribution >= 4 is 5.97 Å². The fourth-order valence-corrected chi connectivity index (χ4v) is 1.61. The van der Waals surface area contributed by atoms with Crippen LogP contribution in [0.2, 0.25) is 0 Å². The number of aryl methyl sites for hydroxylation is 1. The third-order valence-corrected chi connectivity index (χ3v) is 2.71. The van der Waals surface area contributed by atoms with Gasteiger partial charge in [0.15, 0.2) is 0 Å². The highest BCUT2D eigenvalue weighted by Crippen LogP contribution is 2.03. The predicted molar refractivity (Wildman–Crippen MR) is 70.2 cm³/mol. The van der Waals surface area contributed by atoms with E-state index in [9.17, 15) is 4.79 Å². The van der Waals surface area contributed by atoms with E-state index in [4.69, 9.17) is 15.2 Å². The van der Waals surface area contributed by atoms with Gasteiger partial charge in [0.1, 0.15) is 0 Å². The van der Waals surface area contributed by atoms with Gasteiger partial charge in [0.2, 0.25) is 0 Å². The molecular weight excluding hydrogens is 230 g/mol. The molecule has 0 heterocycles. The lowest BCUT2D eigenvalue weighted by atomic mass is 10.1. The summed E-state index contributed by atoms with van der Waals surface area (Å²) < 4.78 is 10.1. The van der Waals surface area contributed by atoms with Crippen LogP contribution in [0.15, 0.2) is 30.3 Å². The molecule has 0 saturated carbocycles. The monoisotopic (exact) mass is 251 g/mol. The molecule has 0 fully saturated rings. The van der Waals surface area contributed by atoms with E-state index in [0.29, 0.717) is 13.2 Å². The molecule has 2 N–H and O–H groups in total. The number of methoxy groups -OCH3 is 1. The topological polar surface area (TPSA) is 61.5 Å². The maximum atomic E-state index is 11.4. The summed E-state index contributed by atoms with van der Waals surface area (Å²) in [5.74, 6) is -0.250. The molecule has 0 aliphatic rings. The van der Waals surface area contributed by atoms with E-state index < -0.39 is 0 Å². The van der Waals surface area contributed by atoms with Gasteiger partial charge in [0.05, 0.1) is 19.1 Å². The van der Waals surface area contributed by atoms with Crippen LogP contribution in [0.25, 0.3) is 0 Å². The van der Waals surface area contributed by atoms with Crippen molar-refractivity contribution in [2.75, 3.05) is 20.3 Å². The highest BCUT2D eigenvalue weighted by Gasteiger charge is 2.12. The van der Waals surface area contributed by atoms with Gasteiger partial charge in [-0.15, -0.1) is 0 Å². The summed E-state index contributed by atoms with van der Waals surface area (Å²) in [5, 5.41) is 0. The first kappa shape index (κ1) is 14.7. The molecule has 0 saturated heterocycles. The van der Waals surface area contributed by atoms with Crippen molar-refractivity contribution in [3.8, 4) is 0 Å². The average molecular weight is 251 g/mol.